The average molecular weight is 99.1 g/mol. The molecule has 0 aromatic heterocycles. The molecular weight excluding hydrogens is 93.0 g/mol. The van der Waals surface area contributed by atoms with Crippen LogP contribution in [0.3, 0.4) is 0 Å². The van der Waals surface area contributed by atoms with Crippen molar-refractivity contribution >= 4 is 0 Å². The third kappa shape index (κ3) is 8.86. The van der Waals surface area contributed by atoms with Gasteiger partial charge in [0.25, 0.3) is 0 Å². The van der Waals surface area contributed by atoms with E-state index in [1.54, 1.807) is 0 Å². The molecule has 32 valence electrons. The normalized spacial score (nSPS) is 12.5. The maximum Gasteiger partial charge on any atom is 1.00 e. The molecule has 0 saturated carbocycles. The molecule has 0 rings (SSSR count). The maximum absolute atomic E-state index is 9.25. The van der Waals surface area contributed by atoms with Crippen LogP contribution in [0.1, 0.15) is 0 Å². The molecule has 0 bridgehead atoms. The van der Waals surface area contributed by atoms with E-state index in [4.69, 9.17) is 5.11 Å². The summed E-state index contributed by atoms with van der Waals surface area (Å²) in [5, 5.41) is 17.1. The standard InChI is InChI=1S/C2H6NO2.Na/c3-2(5)1-4;/h2,5H,1,3H2;/q-1;+1. The van der Waals surface area contributed by atoms with Gasteiger partial charge in [-0.2, -0.15) is 0 Å². The van der Waals surface area contributed by atoms with Crippen molar-refractivity contribution in [2.45, 2.75) is 6.23 Å². The Hall–Kier alpha value is 0.880. The fourth-order valence-electron chi connectivity index (χ4n) is 0. The molecule has 0 aromatic carbocycles. The van der Waals surface area contributed by atoms with Crippen molar-refractivity contribution in [3.8, 4) is 0 Å². The molecule has 0 saturated heterocycles. The Morgan fingerprint density at radius 2 is 2.00 bits per heavy atom. The van der Waals surface area contributed by atoms with Crippen molar-refractivity contribution in [2.75, 3.05) is 6.61 Å². The third-order valence-electron chi connectivity index (χ3n) is 0.171. The Bertz CT molecular complexity index is 25.5. The van der Waals surface area contributed by atoms with E-state index >= 15 is 0 Å². The molecule has 0 fully saturated rings. The van der Waals surface area contributed by atoms with Gasteiger partial charge in [-0.05, 0) is 0 Å². The van der Waals surface area contributed by atoms with Crippen LogP contribution in [-0.2, 0) is 0 Å². The van der Waals surface area contributed by atoms with Gasteiger partial charge in [-0.25, -0.2) is 0 Å². The minimum Gasteiger partial charge on any atom is -0.852 e. The molecule has 0 amide bonds. The zero-order valence-electron chi connectivity index (χ0n) is 3.72. The van der Waals surface area contributed by atoms with Crippen LogP contribution in [0.5, 0.6) is 0 Å². The molecule has 0 aliphatic heterocycles. The van der Waals surface area contributed by atoms with Crippen molar-refractivity contribution in [2.24, 2.45) is 5.73 Å². The predicted octanol–water partition coefficient (Wildman–Crippen LogP) is -5.37. The molecule has 0 aliphatic rings. The SMILES string of the molecule is NC(O)C[O-].[Na+]. The molecule has 0 spiro atoms. The Kier molecular flexibility index (Phi) is 9.79. The number of aliphatic hydroxyl groups is 1. The Labute approximate surface area is 58.4 Å². The van der Waals surface area contributed by atoms with Crippen LogP contribution in [0.2, 0.25) is 0 Å². The second-order valence-corrected chi connectivity index (χ2v) is 0.734. The first kappa shape index (κ1) is 9.99. The third-order valence-corrected chi connectivity index (χ3v) is 0.171. The van der Waals surface area contributed by atoms with Gasteiger partial charge in [0.15, 0.2) is 0 Å². The summed E-state index contributed by atoms with van der Waals surface area (Å²) in [6.45, 7) is -0.611. The number of aliphatic hydroxyl groups excluding tert-OH is 1. The number of rotatable bonds is 1. The Morgan fingerprint density at radius 3 is 2.00 bits per heavy atom. The van der Waals surface area contributed by atoms with Gasteiger partial charge in [-0.1, -0.05) is 6.61 Å². The van der Waals surface area contributed by atoms with Crippen LogP contribution in [0, 0.1) is 0 Å². The molecule has 0 aromatic rings. The van der Waals surface area contributed by atoms with E-state index in [0.717, 1.165) is 0 Å². The fraction of sp³-hybridized carbons (Fsp3) is 1.00. The second-order valence-electron chi connectivity index (χ2n) is 0.734. The Morgan fingerprint density at radius 1 is 1.83 bits per heavy atom. The van der Waals surface area contributed by atoms with Gasteiger partial charge in [-0.3, -0.25) is 0 Å². The number of nitrogens with two attached hydrogens (primary N) is 1. The monoisotopic (exact) mass is 99.0 g/mol. The summed E-state index contributed by atoms with van der Waals surface area (Å²) in [6.07, 6.45) is -1.17. The smallest absolute Gasteiger partial charge is 0.852 e. The van der Waals surface area contributed by atoms with Gasteiger partial charge in [0, 0.05) is 0 Å². The quantitative estimate of drug-likeness (QED) is 0.255. The maximum atomic E-state index is 9.25. The van der Waals surface area contributed by atoms with E-state index in [1.807, 2.05) is 0 Å². The van der Waals surface area contributed by atoms with Crippen molar-refractivity contribution in [1.82, 2.24) is 0 Å². The first-order valence-electron chi connectivity index (χ1n) is 1.29. The zero-order valence-corrected chi connectivity index (χ0v) is 5.72. The zero-order chi connectivity index (χ0) is 4.28. The molecule has 3 nitrogen and oxygen atoms in total. The molecule has 0 radical (unpaired) electrons. The van der Waals surface area contributed by atoms with Crippen LogP contribution in [0.25, 0.3) is 0 Å². The van der Waals surface area contributed by atoms with E-state index in [1.165, 1.54) is 0 Å². The summed E-state index contributed by atoms with van der Waals surface area (Å²) < 4.78 is 0. The average Bonchev–Trinajstić information content (AvgIpc) is 1.38. The molecule has 6 heavy (non-hydrogen) atoms. The molecule has 1 unspecified atom stereocenters. The summed E-state index contributed by atoms with van der Waals surface area (Å²) in [4.78, 5) is 0. The Balaban J connectivity index is 0. The van der Waals surface area contributed by atoms with Crippen molar-refractivity contribution < 1.29 is 39.8 Å². The first-order valence-corrected chi connectivity index (χ1v) is 1.29. The van der Waals surface area contributed by atoms with Crippen LogP contribution in [0.4, 0.5) is 0 Å². The summed E-state index contributed by atoms with van der Waals surface area (Å²) >= 11 is 0. The van der Waals surface area contributed by atoms with E-state index in [-0.39, 0.29) is 29.6 Å². The van der Waals surface area contributed by atoms with Gasteiger partial charge in [0.2, 0.25) is 0 Å². The van der Waals surface area contributed by atoms with Crippen LogP contribution in [0.15, 0.2) is 0 Å². The minimum absolute atomic E-state index is 0. The summed E-state index contributed by atoms with van der Waals surface area (Å²) in [7, 11) is 0. The largest absolute Gasteiger partial charge is 1.00 e. The van der Waals surface area contributed by atoms with Gasteiger partial charge in [-0.15, -0.1) is 0 Å². The van der Waals surface area contributed by atoms with E-state index < -0.39 is 12.8 Å². The number of hydrogen-bond donors (Lipinski definition) is 2. The number of hydrogen-bond acceptors (Lipinski definition) is 3. The fourth-order valence-corrected chi connectivity index (χ4v) is 0. The van der Waals surface area contributed by atoms with Crippen LogP contribution < -0.4 is 40.4 Å². The minimum atomic E-state index is -1.17. The molecule has 3 N–H and O–H groups in total. The van der Waals surface area contributed by atoms with E-state index in [2.05, 4.69) is 5.73 Å². The first-order chi connectivity index (χ1) is 2.27. The van der Waals surface area contributed by atoms with Gasteiger partial charge in [0.05, 0.1) is 6.23 Å². The van der Waals surface area contributed by atoms with Crippen LogP contribution >= 0.6 is 0 Å². The predicted molar refractivity (Wildman–Crippen MR) is 15.1 cm³/mol. The second kappa shape index (κ2) is 5.88. The van der Waals surface area contributed by atoms with Gasteiger partial charge in [0.1, 0.15) is 0 Å². The molecular formula is C2H6NNaO2. The molecule has 4 heteroatoms. The van der Waals surface area contributed by atoms with Gasteiger partial charge < -0.3 is 15.9 Å². The summed E-state index contributed by atoms with van der Waals surface area (Å²) in [5.41, 5.74) is 4.53. The molecule has 0 aliphatic carbocycles. The molecule has 0 heterocycles. The van der Waals surface area contributed by atoms with Gasteiger partial charge >= 0.3 is 29.6 Å². The molecule has 1 atom stereocenters. The van der Waals surface area contributed by atoms with E-state index in [0.29, 0.717) is 0 Å². The summed E-state index contributed by atoms with van der Waals surface area (Å²) in [5.74, 6) is 0. The van der Waals surface area contributed by atoms with Crippen LogP contribution in [-0.4, -0.2) is 17.9 Å². The van der Waals surface area contributed by atoms with Crippen molar-refractivity contribution in [3.05, 3.63) is 0 Å². The van der Waals surface area contributed by atoms with E-state index in [9.17, 15) is 5.11 Å². The topological polar surface area (TPSA) is 69.3 Å². The van der Waals surface area contributed by atoms with Crippen molar-refractivity contribution in [3.63, 3.8) is 0 Å². The van der Waals surface area contributed by atoms with Crippen molar-refractivity contribution in [1.29, 1.82) is 0 Å². The summed E-state index contributed by atoms with van der Waals surface area (Å²) in [6, 6.07) is 0.